The van der Waals surface area contributed by atoms with Gasteiger partial charge >= 0.3 is 0 Å². The Hall–Kier alpha value is -1.20. The molecule has 4 aliphatic rings. The van der Waals surface area contributed by atoms with Gasteiger partial charge in [-0.15, -0.1) is 5.73 Å². The van der Waals surface area contributed by atoms with Gasteiger partial charge in [-0.25, -0.2) is 0 Å². The number of rotatable bonds is 1. The number of fused-ring (bicyclic) bond motifs is 5. The van der Waals surface area contributed by atoms with E-state index in [1.165, 1.54) is 43.4 Å². The molecule has 4 rings (SSSR count). The molecule has 4 aliphatic carbocycles. The molecule has 0 saturated heterocycles. The van der Waals surface area contributed by atoms with Crippen LogP contribution in [-0.2, 0) is 4.74 Å². The van der Waals surface area contributed by atoms with E-state index in [1.54, 1.807) is 5.57 Å². The molecule has 0 aromatic carbocycles. The van der Waals surface area contributed by atoms with Crippen molar-refractivity contribution in [2.24, 2.45) is 35.0 Å². The number of methoxy groups -OCH3 is 1. The molecule has 6 atom stereocenters. The summed E-state index contributed by atoms with van der Waals surface area (Å²) in [7, 11) is 1.82. The maximum Gasteiger partial charge on any atom is 0.0958 e. The van der Waals surface area contributed by atoms with Crippen LogP contribution in [0.4, 0.5) is 0 Å². The van der Waals surface area contributed by atoms with Crippen molar-refractivity contribution in [2.45, 2.75) is 52.4 Å². The highest BCUT2D eigenvalue weighted by atomic mass is 16.5. The Morgan fingerprint density at radius 2 is 2.13 bits per heavy atom. The summed E-state index contributed by atoms with van der Waals surface area (Å²) in [4.78, 5) is 0. The van der Waals surface area contributed by atoms with Gasteiger partial charge in [-0.05, 0) is 84.3 Å². The molecule has 2 fully saturated rings. The molecular weight excluding hydrogens is 280 g/mol. The second-order valence-corrected chi connectivity index (χ2v) is 8.54. The monoisotopic (exact) mass is 310 g/mol. The molecule has 0 aromatic rings. The molecule has 23 heavy (non-hydrogen) atoms. The van der Waals surface area contributed by atoms with Crippen molar-refractivity contribution in [3.63, 3.8) is 0 Å². The molecule has 0 N–H and O–H groups in total. The fraction of sp³-hybridized carbons (Fsp3) is 0.682. The van der Waals surface area contributed by atoms with Crippen molar-refractivity contribution in [1.29, 1.82) is 0 Å². The molecule has 0 bridgehead atoms. The maximum atomic E-state index is 5.54. The summed E-state index contributed by atoms with van der Waals surface area (Å²) < 4.78 is 5.54. The molecule has 4 unspecified atom stereocenters. The highest BCUT2D eigenvalue weighted by molar-refractivity contribution is 5.36. The zero-order chi connectivity index (χ0) is 16.2. The highest BCUT2D eigenvalue weighted by Crippen LogP contribution is 2.62. The average molecular weight is 310 g/mol. The molecule has 1 nitrogen and oxygen atoms in total. The first-order valence-corrected chi connectivity index (χ1v) is 9.42. The Morgan fingerprint density at radius 3 is 2.87 bits per heavy atom. The summed E-state index contributed by atoms with van der Waals surface area (Å²) in [5.41, 5.74) is 6.75. The molecule has 2 saturated carbocycles. The van der Waals surface area contributed by atoms with Gasteiger partial charge in [0.25, 0.3) is 0 Å². The van der Waals surface area contributed by atoms with E-state index in [9.17, 15) is 0 Å². The first-order valence-electron chi connectivity index (χ1n) is 9.42. The van der Waals surface area contributed by atoms with E-state index in [0.717, 1.165) is 36.0 Å². The second-order valence-electron chi connectivity index (χ2n) is 8.54. The molecule has 0 heterocycles. The lowest BCUT2D eigenvalue weighted by Gasteiger charge is -2.55. The molecule has 1 heteroatoms. The van der Waals surface area contributed by atoms with Crippen LogP contribution in [0.15, 0.2) is 41.4 Å². The van der Waals surface area contributed by atoms with Crippen molar-refractivity contribution < 1.29 is 4.74 Å². The van der Waals surface area contributed by atoms with Crippen LogP contribution in [0.5, 0.6) is 0 Å². The van der Waals surface area contributed by atoms with Crippen LogP contribution < -0.4 is 0 Å². The first kappa shape index (κ1) is 15.3. The van der Waals surface area contributed by atoms with Crippen LogP contribution in [0.2, 0.25) is 0 Å². The Bertz CT molecular complexity index is 618. The van der Waals surface area contributed by atoms with Crippen molar-refractivity contribution >= 4 is 0 Å². The summed E-state index contributed by atoms with van der Waals surface area (Å²) in [5.74, 6) is 5.31. The molecule has 0 amide bonds. The minimum Gasteiger partial charge on any atom is -0.501 e. The molecule has 124 valence electrons. The number of ether oxygens (including phenoxy) is 1. The van der Waals surface area contributed by atoms with E-state index in [1.807, 2.05) is 7.11 Å². The smallest absolute Gasteiger partial charge is 0.0958 e. The standard InChI is InChI=1S/C22H30O/c1-5-15-6-8-19-18-9-7-16-13-17(23-4)10-11-22(16,3)20(18)12-14(2)21(15)19/h7,13-14,18-21H,1,6,8-12H2,2-4H3/t14-,18?,19?,20?,21?,22+/m1/s1. The van der Waals surface area contributed by atoms with Crippen LogP contribution in [0.1, 0.15) is 52.4 Å². The van der Waals surface area contributed by atoms with E-state index >= 15 is 0 Å². The third kappa shape index (κ3) is 2.13. The fourth-order valence-corrected chi connectivity index (χ4v) is 6.52. The van der Waals surface area contributed by atoms with Crippen molar-refractivity contribution in [2.75, 3.05) is 7.11 Å². The van der Waals surface area contributed by atoms with Gasteiger partial charge in [0.05, 0.1) is 12.9 Å². The van der Waals surface area contributed by atoms with Gasteiger partial charge in [0, 0.05) is 6.42 Å². The lowest BCUT2D eigenvalue weighted by molar-refractivity contribution is -0.000771. The summed E-state index contributed by atoms with van der Waals surface area (Å²) in [6.07, 6.45) is 12.5. The van der Waals surface area contributed by atoms with Crippen LogP contribution in [-0.4, -0.2) is 7.11 Å². The third-order valence-corrected chi connectivity index (χ3v) is 7.70. The van der Waals surface area contributed by atoms with E-state index < -0.39 is 0 Å². The number of allylic oxidation sites excluding steroid dienone is 5. The molecule has 0 aromatic heterocycles. The highest BCUT2D eigenvalue weighted by Gasteiger charge is 2.54. The van der Waals surface area contributed by atoms with Gasteiger partial charge in [0.1, 0.15) is 0 Å². The minimum absolute atomic E-state index is 0.366. The Balaban J connectivity index is 1.71. The topological polar surface area (TPSA) is 9.23 Å². The second kappa shape index (κ2) is 5.42. The summed E-state index contributed by atoms with van der Waals surface area (Å²) >= 11 is 0. The van der Waals surface area contributed by atoms with E-state index in [2.05, 4.69) is 38.3 Å². The minimum atomic E-state index is 0.366. The zero-order valence-electron chi connectivity index (χ0n) is 14.9. The number of hydrogen-bond acceptors (Lipinski definition) is 1. The van der Waals surface area contributed by atoms with Gasteiger partial charge in [-0.2, -0.15) is 0 Å². The Morgan fingerprint density at radius 1 is 1.30 bits per heavy atom. The summed E-state index contributed by atoms with van der Waals surface area (Å²) in [5, 5.41) is 0. The molecule has 0 spiro atoms. The van der Waals surface area contributed by atoms with Crippen molar-refractivity contribution in [1.82, 2.24) is 0 Å². The van der Waals surface area contributed by atoms with E-state index in [4.69, 9.17) is 4.74 Å². The average Bonchev–Trinajstić information content (AvgIpc) is 3.00. The van der Waals surface area contributed by atoms with E-state index in [0.29, 0.717) is 5.41 Å². The lowest BCUT2D eigenvalue weighted by atomic mass is 9.49. The molecule has 0 aliphatic heterocycles. The summed E-state index contributed by atoms with van der Waals surface area (Å²) in [6.45, 7) is 8.99. The Kier molecular flexibility index (Phi) is 3.61. The van der Waals surface area contributed by atoms with Gasteiger partial charge in [0.15, 0.2) is 0 Å². The van der Waals surface area contributed by atoms with Crippen molar-refractivity contribution in [3.8, 4) is 0 Å². The van der Waals surface area contributed by atoms with Crippen molar-refractivity contribution in [3.05, 3.63) is 41.4 Å². The van der Waals surface area contributed by atoms with Gasteiger partial charge in [-0.3, -0.25) is 0 Å². The predicted octanol–water partition coefficient (Wildman–Crippen LogP) is 5.66. The summed E-state index contributed by atoms with van der Waals surface area (Å²) in [6, 6.07) is 0. The third-order valence-electron chi connectivity index (χ3n) is 7.70. The molecule has 0 radical (unpaired) electrons. The fourth-order valence-electron chi connectivity index (χ4n) is 6.52. The van der Waals surface area contributed by atoms with E-state index in [-0.39, 0.29) is 0 Å². The maximum absolute atomic E-state index is 5.54. The van der Waals surface area contributed by atoms with Crippen LogP contribution >= 0.6 is 0 Å². The largest absolute Gasteiger partial charge is 0.501 e. The lowest BCUT2D eigenvalue weighted by Crippen LogP contribution is -2.47. The normalized spacial score (nSPS) is 45.2. The van der Waals surface area contributed by atoms with Gasteiger partial charge in [-0.1, -0.05) is 26.5 Å². The van der Waals surface area contributed by atoms with Crippen LogP contribution in [0, 0.1) is 35.0 Å². The van der Waals surface area contributed by atoms with Gasteiger partial charge < -0.3 is 4.74 Å². The zero-order valence-corrected chi connectivity index (χ0v) is 14.9. The first-order chi connectivity index (χ1) is 11.1. The van der Waals surface area contributed by atoms with Crippen LogP contribution in [0.25, 0.3) is 0 Å². The number of hydrogen-bond donors (Lipinski definition) is 0. The Labute approximate surface area is 141 Å². The SMILES string of the molecule is C=C=C1CCC2C3CC=C4C=C(OC)CC[C@]4(C)C3C[C@@H](C)C12. The molecular formula is C22H30O. The van der Waals surface area contributed by atoms with Gasteiger partial charge in [0.2, 0.25) is 0 Å². The van der Waals surface area contributed by atoms with Crippen LogP contribution in [0.3, 0.4) is 0 Å². The predicted molar refractivity (Wildman–Crippen MR) is 94.8 cm³/mol. The quantitative estimate of drug-likeness (QED) is 0.568.